The highest BCUT2D eigenvalue weighted by Gasteiger charge is 2.31. The Morgan fingerprint density at radius 2 is 2.03 bits per heavy atom. The number of piperazine rings is 1. The molecular weight excluding hydrogens is 380 g/mol. The third-order valence-electron chi connectivity index (χ3n) is 6.47. The van der Waals surface area contributed by atoms with E-state index < -0.39 is 0 Å². The lowest BCUT2D eigenvalue weighted by Crippen LogP contribution is -3.29. The molecule has 1 aliphatic heterocycles. The van der Waals surface area contributed by atoms with Gasteiger partial charge in [-0.1, -0.05) is 23.8 Å². The normalized spacial score (nSPS) is 23.6. The van der Waals surface area contributed by atoms with Crippen molar-refractivity contribution in [1.29, 1.82) is 0 Å². The summed E-state index contributed by atoms with van der Waals surface area (Å²) in [6.07, 6.45) is 8.46. The molecule has 2 heterocycles. The van der Waals surface area contributed by atoms with E-state index in [4.69, 9.17) is 4.98 Å². The number of thiazole rings is 1. The number of rotatable bonds is 7. The van der Waals surface area contributed by atoms with Crippen molar-refractivity contribution in [2.24, 2.45) is 0 Å². The number of fused-ring (bicyclic) bond motifs is 1. The number of carbonyl (C=O) groups is 1. The minimum absolute atomic E-state index is 0.0411. The first kappa shape index (κ1) is 20.5. The fraction of sp³-hybridized carbons (Fsp3) is 0.565. The molecule has 0 bridgehead atoms. The minimum atomic E-state index is 0.0411. The Morgan fingerprint density at radius 1 is 1.21 bits per heavy atom. The molecule has 29 heavy (non-hydrogen) atoms. The molecule has 1 atom stereocenters. The fourth-order valence-electron chi connectivity index (χ4n) is 4.56. The van der Waals surface area contributed by atoms with Crippen LogP contribution in [0.1, 0.15) is 44.0 Å². The Hall–Kier alpha value is -1.76. The molecule has 1 aromatic heterocycles. The first-order chi connectivity index (χ1) is 14.2. The number of nitrogens with zero attached hydrogens (tertiary/aromatic N) is 1. The summed E-state index contributed by atoms with van der Waals surface area (Å²) in [5, 5.41) is 4.41. The summed E-state index contributed by atoms with van der Waals surface area (Å²) in [6, 6.07) is 8.42. The topological polar surface area (TPSA) is 50.9 Å². The smallest absolute Gasteiger partial charge is 0.278 e. The van der Waals surface area contributed by atoms with Crippen LogP contribution in [0.15, 0.2) is 35.9 Å². The zero-order valence-electron chi connectivity index (χ0n) is 17.5. The van der Waals surface area contributed by atoms with E-state index in [-0.39, 0.29) is 11.9 Å². The zero-order chi connectivity index (χ0) is 20.1. The van der Waals surface area contributed by atoms with Crippen LogP contribution in [0, 0.1) is 0 Å². The van der Waals surface area contributed by atoms with Gasteiger partial charge in [-0.05, 0) is 51.2 Å². The number of quaternary nitrogens is 2. The monoisotopic (exact) mass is 414 g/mol. The van der Waals surface area contributed by atoms with Crippen molar-refractivity contribution in [3.63, 3.8) is 0 Å². The molecule has 0 radical (unpaired) electrons. The van der Waals surface area contributed by atoms with Gasteiger partial charge < -0.3 is 15.1 Å². The third-order valence-corrected chi connectivity index (χ3v) is 7.51. The van der Waals surface area contributed by atoms with Crippen molar-refractivity contribution in [2.75, 3.05) is 32.7 Å². The molecule has 0 saturated carbocycles. The highest BCUT2D eigenvalue weighted by molar-refractivity contribution is 7.18. The first-order valence-corrected chi connectivity index (χ1v) is 12.0. The molecule has 2 aromatic rings. The van der Waals surface area contributed by atoms with E-state index in [1.807, 2.05) is 11.3 Å². The van der Waals surface area contributed by atoms with Crippen LogP contribution in [-0.4, -0.2) is 49.7 Å². The van der Waals surface area contributed by atoms with Gasteiger partial charge in [0.25, 0.3) is 5.91 Å². The van der Waals surface area contributed by atoms with E-state index in [0.29, 0.717) is 0 Å². The number of hydrogen-bond acceptors (Lipinski definition) is 3. The summed E-state index contributed by atoms with van der Waals surface area (Å²) in [5.74, 6) is 0.214. The molecule has 0 spiro atoms. The predicted octanol–water partition coefficient (Wildman–Crippen LogP) is 0.975. The Balaban J connectivity index is 1.20. The molecule has 4 rings (SSSR count). The van der Waals surface area contributed by atoms with Gasteiger partial charge in [-0.25, -0.2) is 4.98 Å². The zero-order valence-corrected chi connectivity index (χ0v) is 18.3. The molecule has 1 aliphatic carbocycles. The molecule has 1 aromatic carbocycles. The summed E-state index contributed by atoms with van der Waals surface area (Å²) in [7, 11) is 0. The molecule has 1 saturated heterocycles. The number of nitrogens with one attached hydrogen (secondary N) is 3. The van der Waals surface area contributed by atoms with Crippen LogP contribution >= 0.6 is 11.3 Å². The maximum Gasteiger partial charge on any atom is 0.278 e. The SMILES string of the molecule is C[C@H](C(=O)NCCC1=CCCCC1)[NH+]1CC[NH+](Cc2nc3ccccc3s2)CC1. The van der Waals surface area contributed by atoms with Crippen LogP contribution in [0.4, 0.5) is 0 Å². The molecule has 1 amide bonds. The summed E-state index contributed by atoms with van der Waals surface area (Å²) in [4.78, 5) is 20.4. The number of hydrogen-bond donors (Lipinski definition) is 3. The summed E-state index contributed by atoms with van der Waals surface area (Å²) in [6.45, 7) is 8.20. The van der Waals surface area contributed by atoms with Crippen LogP contribution in [0.3, 0.4) is 0 Å². The molecule has 2 aliphatic rings. The number of benzene rings is 1. The van der Waals surface area contributed by atoms with Gasteiger partial charge in [-0.15, -0.1) is 11.3 Å². The van der Waals surface area contributed by atoms with Crippen molar-refractivity contribution >= 4 is 27.5 Å². The van der Waals surface area contributed by atoms with Crippen LogP contribution in [0.25, 0.3) is 10.2 Å². The average molecular weight is 415 g/mol. The number of para-hydroxylation sites is 1. The van der Waals surface area contributed by atoms with Gasteiger partial charge in [0.1, 0.15) is 37.7 Å². The number of aromatic nitrogens is 1. The summed E-state index contributed by atoms with van der Waals surface area (Å²) in [5.41, 5.74) is 2.65. The summed E-state index contributed by atoms with van der Waals surface area (Å²) < 4.78 is 1.28. The number of amides is 1. The maximum absolute atomic E-state index is 12.6. The minimum Gasteiger partial charge on any atom is -0.351 e. The lowest BCUT2D eigenvalue weighted by molar-refractivity contribution is -1.02. The van der Waals surface area contributed by atoms with Gasteiger partial charge in [0, 0.05) is 6.54 Å². The maximum atomic E-state index is 12.6. The van der Waals surface area contributed by atoms with Gasteiger partial charge >= 0.3 is 0 Å². The van der Waals surface area contributed by atoms with Gasteiger partial charge in [-0.2, -0.15) is 0 Å². The van der Waals surface area contributed by atoms with E-state index in [0.717, 1.165) is 51.2 Å². The second-order valence-electron chi connectivity index (χ2n) is 8.53. The van der Waals surface area contributed by atoms with Crippen molar-refractivity contribution in [3.05, 3.63) is 40.9 Å². The van der Waals surface area contributed by atoms with E-state index in [9.17, 15) is 4.79 Å². The van der Waals surface area contributed by atoms with Crippen LogP contribution in [-0.2, 0) is 11.3 Å². The Labute approximate surface area is 177 Å². The lowest BCUT2D eigenvalue weighted by atomic mass is 9.97. The van der Waals surface area contributed by atoms with Crippen molar-refractivity contribution in [2.45, 2.75) is 51.6 Å². The average Bonchev–Trinajstić information content (AvgIpc) is 3.17. The second kappa shape index (κ2) is 9.83. The second-order valence-corrected chi connectivity index (χ2v) is 9.65. The molecular formula is C23H34N4OS+2. The Morgan fingerprint density at radius 3 is 2.79 bits per heavy atom. The first-order valence-electron chi connectivity index (χ1n) is 11.2. The predicted molar refractivity (Wildman–Crippen MR) is 118 cm³/mol. The fourth-order valence-corrected chi connectivity index (χ4v) is 5.60. The molecule has 5 nitrogen and oxygen atoms in total. The van der Waals surface area contributed by atoms with Crippen LogP contribution < -0.4 is 15.1 Å². The van der Waals surface area contributed by atoms with E-state index >= 15 is 0 Å². The van der Waals surface area contributed by atoms with Crippen molar-refractivity contribution < 1.29 is 14.6 Å². The Bertz CT molecular complexity index is 820. The van der Waals surface area contributed by atoms with Crippen LogP contribution in [0.2, 0.25) is 0 Å². The third kappa shape index (κ3) is 5.44. The van der Waals surface area contributed by atoms with Crippen molar-refractivity contribution in [3.8, 4) is 0 Å². The largest absolute Gasteiger partial charge is 0.351 e. The molecule has 156 valence electrons. The number of carbonyl (C=O) groups excluding carboxylic acids is 1. The number of allylic oxidation sites excluding steroid dienone is 1. The van der Waals surface area contributed by atoms with Gasteiger partial charge in [0.2, 0.25) is 0 Å². The highest BCUT2D eigenvalue weighted by Crippen LogP contribution is 2.21. The van der Waals surface area contributed by atoms with Crippen LogP contribution in [0.5, 0.6) is 0 Å². The highest BCUT2D eigenvalue weighted by atomic mass is 32.1. The summed E-state index contributed by atoms with van der Waals surface area (Å²) >= 11 is 1.82. The van der Waals surface area contributed by atoms with E-state index in [1.54, 1.807) is 4.90 Å². The molecule has 1 fully saturated rings. The van der Waals surface area contributed by atoms with E-state index in [1.165, 1.54) is 45.9 Å². The van der Waals surface area contributed by atoms with Crippen molar-refractivity contribution in [1.82, 2.24) is 10.3 Å². The molecule has 0 unspecified atom stereocenters. The molecule has 3 N–H and O–H groups in total. The van der Waals surface area contributed by atoms with Gasteiger partial charge in [0.15, 0.2) is 6.04 Å². The lowest BCUT2D eigenvalue weighted by Gasteiger charge is -2.32. The Kier molecular flexibility index (Phi) is 6.95. The van der Waals surface area contributed by atoms with Gasteiger partial charge in [-0.3, -0.25) is 4.79 Å². The quantitative estimate of drug-likeness (QED) is 0.592. The standard InChI is InChI=1S/C23H32N4OS/c1-18(23(28)24-12-11-19-7-3-2-4-8-19)27-15-13-26(14-16-27)17-22-25-20-9-5-6-10-21(20)29-22/h5-7,9-10,18H,2-4,8,11-17H2,1H3,(H,24,28)/p+2/t18-/m1/s1. The van der Waals surface area contributed by atoms with E-state index in [2.05, 4.69) is 42.6 Å². The van der Waals surface area contributed by atoms with Gasteiger partial charge in [0.05, 0.1) is 10.2 Å². The molecule has 6 heteroatoms.